The minimum absolute atomic E-state index is 0.391. The van der Waals surface area contributed by atoms with Crippen LogP contribution in [0.25, 0.3) is 0 Å². The third-order valence-corrected chi connectivity index (χ3v) is 3.70. The lowest BCUT2D eigenvalue weighted by molar-refractivity contribution is 0.412. The van der Waals surface area contributed by atoms with Gasteiger partial charge in [0.15, 0.2) is 5.11 Å². The summed E-state index contributed by atoms with van der Waals surface area (Å²) < 4.78 is 11.2. The van der Waals surface area contributed by atoms with E-state index in [1.165, 1.54) is 0 Å². The molecular formula is C16H16BrN3O2S. The van der Waals surface area contributed by atoms with E-state index in [0.29, 0.717) is 5.11 Å². The van der Waals surface area contributed by atoms with Crippen LogP contribution in [0.2, 0.25) is 0 Å². The molecule has 0 aromatic heterocycles. The van der Waals surface area contributed by atoms with Crippen LogP contribution in [0.4, 0.5) is 5.69 Å². The minimum atomic E-state index is 0.391. The van der Waals surface area contributed by atoms with Gasteiger partial charge in [0.2, 0.25) is 0 Å². The number of halogens is 1. The molecule has 0 fully saturated rings. The Morgan fingerprint density at radius 1 is 1.17 bits per heavy atom. The number of nitrogens with zero attached hydrogens (tertiary/aromatic N) is 1. The molecule has 120 valence electrons. The number of methoxy groups -OCH3 is 2. The molecule has 7 heteroatoms. The maximum absolute atomic E-state index is 5.19. The highest BCUT2D eigenvalue weighted by Gasteiger charge is 2.00. The van der Waals surface area contributed by atoms with E-state index in [1.54, 1.807) is 20.4 Å². The normalized spacial score (nSPS) is 10.4. The van der Waals surface area contributed by atoms with Crippen LogP contribution < -0.4 is 20.2 Å². The third-order valence-electron chi connectivity index (χ3n) is 2.88. The Balaban J connectivity index is 1.92. The molecule has 23 heavy (non-hydrogen) atoms. The van der Waals surface area contributed by atoms with E-state index in [1.807, 2.05) is 42.5 Å². The van der Waals surface area contributed by atoms with Gasteiger partial charge in [0, 0.05) is 11.8 Å². The Labute approximate surface area is 148 Å². The van der Waals surface area contributed by atoms with Crippen LogP contribution in [0.15, 0.2) is 52.0 Å². The number of hydrazone groups is 1. The monoisotopic (exact) mass is 393 g/mol. The van der Waals surface area contributed by atoms with Gasteiger partial charge in [0.25, 0.3) is 0 Å². The first-order valence-corrected chi connectivity index (χ1v) is 7.90. The van der Waals surface area contributed by atoms with Crippen LogP contribution in [0, 0.1) is 0 Å². The summed E-state index contributed by atoms with van der Waals surface area (Å²) in [5.41, 5.74) is 4.50. The standard InChI is InChI=1S/C16H16BrN3O2S/c1-21-13-5-3-4-12(9-13)19-16(23)20-18-10-11-6-7-15(22-2)14(17)8-11/h3-10H,1-2H3,(H2,19,20,23)/b18-10-. The summed E-state index contributed by atoms with van der Waals surface area (Å²) in [4.78, 5) is 0. The van der Waals surface area contributed by atoms with Gasteiger partial charge in [0.05, 0.1) is 24.9 Å². The third kappa shape index (κ3) is 5.22. The molecule has 0 unspecified atom stereocenters. The smallest absolute Gasteiger partial charge is 0.191 e. The van der Waals surface area contributed by atoms with Gasteiger partial charge < -0.3 is 14.8 Å². The topological polar surface area (TPSA) is 54.9 Å². The van der Waals surface area contributed by atoms with Crippen molar-refractivity contribution in [3.8, 4) is 11.5 Å². The Hall–Kier alpha value is -2.12. The zero-order valence-corrected chi connectivity index (χ0v) is 15.1. The van der Waals surface area contributed by atoms with E-state index >= 15 is 0 Å². The van der Waals surface area contributed by atoms with Crippen LogP contribution in [0.3, 0.4) is 0 Å². The molecular weight excluding hydrogens is 378 g/mol. The summed E-state index contributed by atoms with van der Waals surface area (Å²) in [5.74, 6) is 1.52. The molecule has 2 aromatic rings. The van der Waals surface area contributed by atoms with E-state index in [4.69, 9.17) is 21.7 Å². The van der Waals surface area contributed by atoms with Gasteiger partial charge in [-0.1, -0.05) is 6.07 Å². The second-order valence-corrected chi connectivity index (χ2v) is 5.71. The largest absolute Gasteiger partial charge is 0.497 e. The van der Waals surface area contributed by atoms with Gasteiger partial charge in [0.1, 0.15) is 11.5 Å². The van der Waals surface area contributed by atoms with Crippen LogP contribution in [-0.2, 0) is 0 Å². The summed E-state index contributed by atoms with van der Waals surface area (Å²) in [6.45, 7) is 0. The molecule has 0 radical (unpaired) electrons. The van der Waals surface area contributed by atoms with E-state index in [0.717, 1.165) is 27.2 Å². The number of hydrogen-bond donors (Lipinski definition) is 2. The molecule has 2 aromatic carbocycles. The van der Waals surface area contributed by atoms with Crippen LogP contribution in [0.5, 0.6) is 11.5 Å². The molecule has 0 aliphatic rings. The molecule has 0 heterocycles. The van der Waals surface area contributed by atoms with Gasteiger partial charge >= 0.3 is 0 Å². The van der Waals surface area contributed by atoms with Crippen molar-refractivity contribution in [3.05, 3.63) is 52.5 Å². The molecule has 0 aliphatic heterocycles. The molecule has 0 amide bonds. The molecule has 0 bridgehead atoms. The summed E-state index contributed by atoms with van der Waals surface area (Å²) in [5, 5.41) is 7.53. The number of thiocarbonyl (C=S) groups is 1. The zero-order chi connectivity index (χ0) is 16.7. The minimum Gasteiger partial charge on any atom is -0.497 e. The lowest BCUT2D eigenvalue weighted by Crippen LogP contribution is -2.23. The molecule has 2 N–H and O–H groups in total. The van der Waals surface area contributed by atoms with Crippen molar-refractivity contribution in [1.29, 1.82) is 0 Å². The van der Waals surface area contributed by atoms with Gasteiger partial charge in [-0.05, 0) is 64.0 Å². The van der Waals surface area contributed by atoms with E-state index in [9.17, 15) is 0 Å². The number of rotatable bonds is 5. The fourth-order valence-electron chi connectivity index (χ4n) is 1.79. The van der Waals surface area contributed by atoms with Crippen LogP contribution in [-0.4, -0.2) is 25.5 Å². The van der Waals surface area contributed by atoms with E-state index in [-0.39, 0.29) is 0 Å². The highest BCUT2D eigenvalue weighted by Crippen LogP contribution is 2.24. The van der Waals surface area contributed by atoms with Crippen molar-refractivity contribution in [2.75, 3.05) is 19.5 Å². The Bertz CT molecular complexity index is 722. The fourth-order valence-corrected chi connectivity index (χ4v) is 2.52. The number of anilines is 1. The van der Waals surface area contributed by atoms with Gasteiger partial charge in [-0.15, -0.1) is 0 Å². The summed E-state index contributed by atoms with van der Waals surface area (Å²) in [6, 6.07) is 13.1. The molecule has 0 saturated carbocycles. The van der Waals surface area contributed by atoms with Crippen LogP contribution >= 0.6 is 28.1 Å². The first-order valence-electron chi connectivity index (χ1n) is 6.70. The SMILES string of the molecule is COc1cccc(NC(=S)N/N=C\c2ccc(OC)c(Br)c2)c1. The second-order valence-electron chi connectivity index (χ2n) is 4.45. The predicted octanol–water partition coefficient (Wildman–Crippen LogP) is 3.79. The van der Waals surface area contributed by atoms with Crippen molar-refractivity contribution < 1.29 is 9.47 Å². The summed E-state index contributed by atoms with van der Waals surface area (Å²) >= 11 is 8.62. The van der Waals surface area contributed by atoms with Gasteiger partial charge in [-0.25, -0.2) is 0 Å². The highest BCUT2D eigenvalue weighted by atomic mass is 79.9. The molecule has 0 aliphatic carbocycles. The van der Waals surface area contributed by atoms with Crippen molar-refractivity contribution in [1.82, 2.24) is 5.43 Å². The average Bonchev–Trinajstić information content (AvgIpc) is 2.55. The summed E-state index contributed by atoms with van der Waals surface area (Å²) in [7, 11) is 3.24. The average molecular weight is 394 g/mol. The zero-order valence-electron chi connectivity index (χ0n) is 12.7. The lowest BCUT2D eigenvalue weighted by atomic mass is 10.2. The van der Waals surface area contributed by atoms with Gasteiger partial charge in [-0.3, -0.25) is 5.43 Å². The Morgan fingerprint density at radius 3 is 2.70 bits per heavy atom. The van der Waals surface area contributed by atoms with E-state index in [2.05, 4.69) is 31.8 Å². The molecule has 0 atom stereocenters. The Morgan fingerprint density at radius 2 is 2.00 bits per heavy atom. The molecule has 0 saturated heterocycles. The maximum atomic E-state index is 5.19. The second kappa shape index (κ2) is 8.50. The first kappa shape index (κ1) is 17.2. The number of hydrogen-bond acceptors (Lipinski definition) is 4. The Kier molecular flexibility index (Phi) is 6.37. The highest BCUT2D eigenvalue weighted by molar-refractivity contribution is 9.10. The van der Waals surface area contributed by atoms with E-state index < -0.39 is 0 Å². The van der Waals surface area contributed by atoms with Crippen LogP contribution in [0.1, 0.15) is 5.56 Å². The molecule has 0 spiro atoms. The number of nitrogens with one attached hydrogen (secondary N) is 2. The van der Waals surface area contributed by atoms with Crippen molar-refractivity contribution in [2.24, 2.45) is 5.10 Å². The van der Waals surface area contributed by atoms with Crippen molar-refractivity contribution >= 4 is 45.2 Å². The molecule has 5 nitrogen and oxygen atoms in total. The first-order chi connectivity index (χ1) is 11.1. The maximum Gasteiger partial charge on any atom is 0.191 e. The van der Waals surface area contributed by atoms with Crippen molar-refractivity contribution in [3.63, 3.8) is 0 Å². The number of benzene rings is 2. The molecule has 2 rings (SSSR count). The predicted molar refractivity (Wildman–Crippen MR) is 101 cm³/mol. The number of ether oxygens (including phenoxy) is 2. The van der Waals surface area contributed by atoms with Crippen molar-refractivity contribution in [2.45, 2.75) is 0 Å². The quantitative estimate of drug-likeness (QED) is 0.459. The lowest BCUT2D eigenvalue weighted by Gasteiger charge is -2.08. The fraction of sp³-hybridized carbons (Fsp3) is 0.125. The van der Waals surface area contributed by atoms with Gasteiger partial charge in [-0.2, -0.15) is 5.10 Å². The summed E-state index contributed by atoms with van der Waals surface area (Å²) in [6.07, 6.45) is 1.67.